The van der Waals surface area contributed by atoms with Crippen LogP contribution < -0.4 is 0 Å². The van der Waals surface area contributed by atoms with Crippen molar-refractivity contribution in [2.75, 3.05) is 19.6 Å². The molecule has 0 spiro atoms. The first kappa shape index (κ1) is 7.76. The van der Waals surface area contributed by atoms with E-state index in [1.807, 2.05) is 6.08 Å². The van der Waals surface area contributed by atoms with Gasteiger partial charge in [-0.1, -0.05) is 17.7 Å². The van der Waals surface area contributed by atoms with Crippen LogP contribution in [0.3, 0.4) is 0 Å². The third-order valence-corrected chi connectivity index (χ3v) is 1.74. The van der Waals surface area contributed by atoms with Crippen LogP contribution >= 0.6 is 11.6 Å². The average Bonchev–Trinajstić information content (AvgIpc) is 2.31. The van der Waals surface area contributed by atoms with Crippen LogP contribution in [-0.2, 0) is 4.79 Å². The summed E-state index contributed by atoms with van der Waals surface area (Å²) in [5, 5.41) is 0. The molecule has 0 atom stereocenters. The maximum absolute atomic E-state index is 10.7. The summed E-state index contributed by atoms with van der Waals surface area (Å²) in [4.78, 5) is 12.8. The lowest BCUT2D eigenvalue weighted by Gasteiger charge is -2.08. The van der Waals surface area contributed by atoms with Gasteiger partial charge in [0.25, 0.3) is 0 Å². The van der Waals surface area contributed by atoms with Crippen molar-refractivity contribution in [2.45, 2.75) is 6.42 Å². The smallest absolute Gasteiger partial charge is 0.148 e. The highest BCUT2D eigenvalue weighted by Crippen LogP contribution is 2.03. The molecule has 3 heteroatoms. The predicted octanol–water partition coefficient (Wildman–Crippen LogP) is 1.01. The van der Waals surface area contributed by atoms with Crippen LogP contribution in [-0.4, -0.2) is 30.3 Å². The van der Waals surface area contributed by atoms with Crippen molar-refractivity contribution >= 4 is 17.4 Å². The Bertz CT molecular complexity index is 156. The first-order valence-electron chi connectivity index (χ1n) is 3.32. The average molecular weight is 160 g/mol. The second-order valence-electron chi connectivity index (χ2n) is 2.39. The molecule has 0 N–H and O–H groups in total. The van der Waals surface area contributed by atoms with Gasteiger partial charge in [-0.05, 0) is 0 Å². The molecule has 1 aliphatic heterocycles. The summed E-state index contributed by atoms with van der Waals surface area (Å²) in [6.07, 6.45) is 2.55. The van der Waals surface area contributed by atoms with E-state index in [9.17, 15) is 4.79 Å². The highest BCUT2D eigenvalue weighted by Gasteiger charge is 2.16. The van der Waals surface area contributed by atoms with Gasteiger partial charge >= 0.3 is 0 Å². The molecule has 10 heavy (non-hydrogen) atoms. The van der Waals surface area contributed by atoms with Gasteiger partial charge in [0.2, 0.25) is 0 Å². The molecule has 1 fully saturated rings. The molecule has 0 aliphatic carbocycles. The number of likely N-dealkylation sites (tertiary alicyclic amines) is 1. The molecule has 0 unspecified atom stereocenters. The van der Waals surface area contributed by atoms with E-state index < -0.39 is 0 Å². The molecule has 1 rings (SSSR count). The Hall–Kier alpha value is -0.340. The highest BCUT2D eigenvalue weighted by atomic mass is 35.5. The van der Waals surface area contributed by atoms with Gasteiger partial charge in [0.1, 0.15) is 5.78 Å². The molecule has 0 aromatic heterocycles. The van der Waals surface area contributed by atoms with Crippen LogP contribution in [0.5, 0.6) is 0 Å². The van der Waals surface area contributed by atoms with Gasteiger partial charge < -0.3 is 0 Å². The first-order chi connectivity index (χ1) is 4.83. The fourth-order valence-electron chi connectivity index (χ4n) is 1.04. The van der Waals surface area contributed by atoms with Crippen molar-refractivity contribution in [3.8, 4) is 0 Å². The van der Waals surface area contributed by atoms with Crippen molar-refractivity contribution in [3.05, 3.63) is 11.6 Å². The lowest BCUT2D eigenvalue weighted by molar-refractivity contribution is -0.116. The summed E-state index contributed by atoms with van der Waals surface area (Å²) in [5.41, 5.74) is 1.49. The molecule has 1 heterocycles. The van der Waals surface area contributed by atoms with E-state index in [1.165, 1.54) is 5.54 Å². The zero-order valence-corrected chi connectivity index (χ0v) is 6.47. The Morgan fingerprint density at radius 2 is 2.50 bits per heavy atom. The van der Waals surface area contributed by atoms with E-state index in [4.69, 9.17) is 11.6 Å². The molecule has 0 aromatic rings. The van der Waals surface area contributed by atoms with Crippen molar-refractivity contribution < 1.29 is 4.79 Å². The Kier molecular flexibility index (Phi) is 2.90. The van der Waals surface area contributed by atoms with Gasteiger partial charge in [0.05, 0.1) is 6.54 Å². The molecule has 1 aliphatic rings. The zero-order chi connectivity index (χ0) is 7.40. The maximum Gasteiger partial charge on any atom is 0.148 e. The number of carbonyl (C=O) groups excluding carboxylic acids is 1. The van der Waals surface area contributed by atoms with Gasteiger partial charge in [0, 0.05) is 25.0 Å². The van der Waals surface area contributed by atoms with Crippen LogP contribution in [0.4, 0.5) is 0 Å². The van der Waals surface area contributed by atoms with E-state index in [2.05, 4.69) is 4.90 Å². The van der Waals surface area contributed by atoms with E-state index in [-0.39, 0.29) is 0 Å². The van der Waals surface area contributed by atoms with Crippen LogP contribution in [0.25, 0.3) is 0 Å². The molecule has 2 nitrogen and oxygen atoms in total. The Balaban J connectivity index is 2.24. The normalized spacial score (nSPS) is 21.1. The van der Waals surface area contributed by atoms with E-state index in [0.29, 0.717) is 18.7 Å². The number of Topliss-reactive ketones (excluding diaryl/α,β-unsaturated/α-hetero) is 1. The standard InChI is InChI=1S/C7H10ClNO/c8-3-1-4-9-5-2-7(10)6-9/h1,3H,2,4-6H2/b3-1+. The summed E-state index contributed by atoms with van der Waals surface area (Å²) >= 11 is 5.32. The molecular formula is C7H10ClNO. The number of carbonyl (C=O) groups is 1. The van der Waals surface area contributed by atoms with Crippen molar-refractivity contribution in [2.24, 2.45) is 0 Å². The number of ketones is 1. The third-order valence-electron chi connectivity index (χ3n) is 1.56. The topological polar surface area (TPSA) is 20.3 Å². The second kappa shape index (κ2) is 3.74. The number of hydrogen-bond donors (Lipinski definition) is 0. The molecule has 0 saturated carbocycles. The summed E-state index contributed by atoms with van der Waals surface area (Å²) in [6, 6.07) is 0. The van der Waals surface area contributed by atoms with Gasteiger partial charge in [-0.3, -0.25) is 9.69 Å². The molecule has 0 radical (unpaired) electrons. The molecule has 0 aromatic carbocycles. The van der Waals surface area contributed by atoms with Crippen molar-refractivity contribution in [3.63, 3.8) is 0 Å². The summed E-state index contributed by atoms with van der Waals surface area (Å²) in [5.74, 6) is 0.336. The zero-order valence-electron chi connectivity index (χ0n) is 5.72. The van der Waals surface area contributed by atoms with Crippen molar-refractivity contribution in [1.82, 2.24) is 4.90 Å². The lowest BCUT2D eigenvalue weighted by Crippen LogP contribution is -2.20. The Morgan fingerprint density at radius 1 is 1.70 bits per heavy atom. The number of hydrogen-bond acceptors (Lipinski definition) is 2. The fraction of sp³-hybridized carbons (Fsp3) is 0.571. The number of rotatable bonds is 2. The third kappa shape index (κ3) is 2.12. The van der Waals surface area contributed by atoms with E-state index in [1.54, 1.807) is 0 Å². The molecular weight excluding hydrogens is 150 g/mol. The summed E-state index contributed by atoms with van der Waals surface area (Å²) in [6.45, 7) is 2.29. The van der Waals surface area contributed by atoms with Crippen LogP contribution in [0.15, 0.2) is 11.6 Å². The second-order valence-corrected chi connectivity index (χ2v) is 2.64. The van der Waals surface area contributed by atoms with Crippen LogP contribution in [0.1, 0.15) is 6.42 Å². The Labute approximate surface area is 65.5 Å². The molecule has 56 valence electrons. The minimum Gasteiger partial charge on any atom is -0.298 e. The molecule has 0 bridgehead atoms. The summed E-state index contributed by atoms with van der Waals surface area (Å²) in [7, 11) is 0. The minimum atomic E-state index is 0.336. The van der Waals surface area contributed by atoms with E-state index >= 15 is 0 Å². The summed E-state index contributed by atoms with van der Waals surface area (Å²) < 4.78 is 0. The number of halogens is 1. The molecule has 1 saturated heterocycles. The lowest BCUT2D eigenvalue weighted by atomic mass is 10.4. The maximum atomic E-state index is 10.7. The van der Waals surface area contributed by atoms with E-state index in [0.717, 1.165) is 13.1 Å². The van der Waals surface area contributed by atoms with Crippen LogP contribution in [0, 0.1) is 0 Å². The minimum absolute atomic E-state index is 0.336. The predicted molar refractivity (Wildman–Crippen MR) is 41.1 cm³/mol. The first-order valence-corrected chi connectivity index (χ1v) is 3.76. The fourth-order valence-corrected chi connectivity index (χ4v) is 1.11. The monoisotopic (exact) mass is 159 g/mol. The van der Waals surface area contributed by atoms with Gasteiger partial charge in [0.15, 0.2) is 0 Å². The van der Waals surface area contributed by atoms with Crippen molar-refractivity contribution in [1.29, 1.82) is 0 Å². The quantitative estimate of drug-likeness (QED) is 0.600. The molecule has 0 amide bonds. The number of nitrogens with zero attached hydrogens (tertiary/aromatic N) is 1. The van der Waals surface area contributed by atoms with Gasteiger partial charge in [-0.25, -0.2) is 0 Å². The highest BCUT2D eigenvalue weighted by molar-refractivity contribution is 6.25. The van der Waals surface area contributed by atoms with Gasteiger partial charge in [-0.15, -0.1) is 0 Å². The van der Waals surface area contributed by atoms with Crippen LogP contribution in [0.2, 0.25) is 0 Å². The SMILES string of the molecule is O=C1CCN(C/C=C/Cl)C1. The Morgan fingerprint density at radius 3 is 3.00 bits per heavy atom. The van der Waals surface area contributed by atoms with Gasteiger partial charge in [-0.2, -0.15) is 0 Å². The largest absolute Gasteiger partial charge is 0.298 e.